The highest BCUT2D eigenvalue weighted by atomic mass is 79.9. The lowest BCUT2D eigenvalue weighted by molar-refractivity contribution is -0.119. The van der Waals surface area contributed by atoms with Crippen LogP contribution in [0.5, 0.6) is 0 Å². The second-order valence-corrected chi connectivity index (χ2v) is 5.31. The molecule has 0 saturated carbocycles. The quantitative estimate of drug-likeness (QED) is 0.663. The molecule has 0 saturated heterocycles. The van der Waals surface area contributed by atoms with Gasteiger partial charge in [0.05, 0.1) is 5.56 Å². The Bertz CT molecular complexity index is 662. The standard InChI is InChI=1S/C14H10BrClN2O3/c15-10-2-1-3-11(6-10)18-13(19)8-21-14(20)9-4-5-12(16)17-7-9/h1-7H,8H2,(H,18,19). The van der Waals surface area contributed by atoms with E-state index in [1.54, 1.807) is 18.2 Å². The highest BCUT2D eigenvalue weighted by molar-refractivity contribution is 9.10. The number of nitrogens with one attached hydrogen (secondary N) is 1. The van der Waals surface area contributed by atoms with E-state index < -0.39 is 11.9 Å². The van der Waals surface area contributed by atoms with Gasteiger partial charge in [0.2, 0.25) is 0 Å². The van der Waals surface area contributed by atoms with Crippen molar-refractivity contribution in [2.24, 2.45) is 0 Å². The number of nitrogens with zero attached hydrogens (tertiary/aromatic N) is 1. The number of aromatic nitrogens is 1. The Morgan fingerprint density at radius 1 is 1.29 bits per heavy atom. The predicted octanol–water partition coefficient (Wildman–Crippen LogP) is 3.29. The SMILES string of the molecule is O=C(COC(=O)c1ccc(Cl)nc1)Nc1cccc(Br)c1. The van der Waals surface area contributed by atoms with Crippen molar-refractivity contribution >= 4 is 45.1 Å². The molecule has 0 bridgehead atoms. The first kappa shape index (κ1) is 15.5. The molecule has 1 amide bonds. The normalized spacial score (nSPS) is 10.0. The number of carbonyl (C=O) groups is 2. The molecule has 5 nitrogen and oxygen atoms in total. The van der Waals surface area contributed by atoms with Crippen LogP contribution in [0.1, 0.15) is 10.4 Å². The van der Waals surface area contributed by atoms with Gasteiger partial charge in [-0.15, -0.1) is 0 Å². The van der Waals surface area contributed by atoms with Gasteiger partial charge in [0.25, 0.3) is 5.91 Å². The van der Waals surface area contributed by atoms with Crippen molar-refractivity contribution in [1.29, 1.82) is 0 Å². The van der Waals surface area contributed by atoms with Crippen molar-refractivity contribution < 1.29 is 14.3 Å². The van der Waals surface area contributed by atoms with Crippen molar-refractivity contribution in [2.45, 2.75) is 0 Å². The zero-order valence-electron chi connectivity index (χ0n) is 10.7. The van der Waals surface area contributed by atoms with Crippen LogP contribution < -0.4 is 5.32 Å². The highest BCUT2D eigenvalue weighted by Crippen LogP contribution is 2.15. The molecule has 1 N–H and O–H groups in total. The summed E-state index contributed by atoms with van der Waals surface area (Å²) in [6, 6.07) is 10.0. The third-order valence-corrected chi connectivity index (χ3v) is 3.12. The number of anilines is 1. The fourth-order valence-corrected chi connectivity index (χ4v) is 1.99. The van der Waals surface area contributed by atoms with Crippen LogP contribution >= 0.6 is 27.5 Å². The van der Waals surface area contributed by atoms with Gasteiger partial charge in [-0.2, -0.15) is 0 Å². The average molecular weight is 370 g/mol. The van der Waals surface area contributed by atoms with Crippen LogP contribution in [0.3, 0.4) is 0 Å². The monoisotopic (exact) mass is 368 g/mol. The highest BCUT2D eigenvalue weighted by Gasteiger charge is 2.10. The van der Waals surface area contributed by atoms with Crippen LogP contribution in [-0.2, 0) is 9.53 Å². The van der Waals surface area contributed by atoms with Gasteiger partial charge in [-0.25, -0.2) is 9.78 Å². The van der Waals surface area contributed by atoms with E-state index in [0.29, 0.717) is 5.69 Å². The summed E-state index contributed by atoms with van der Waals surface area (Å²) in [6.45, 7) is -0.381. The summed E-state index contributed by atoms with van der Waals surface area (Å²) < 4.78 is 5.72. The molecule has 2 rings (SSSR count). The summed E-state index contributed by atoms with van der Waals surface area (Å²) in [5.41, 5.74) is 0.841. The Morgan fingerprint density at radius 2 is 2.10 bits per heavy atom. The molecule has 0 aliphatic heterocycles. The summed E-state index contributed by atoms with van der Waals surface area (Å²) in [5, 5.41) is 2.89. The number of benzene rings is 1. The van der Waals surface area contributed by atoms with Gasteiger partial charge in [-0.1, -0.05) is 33.6 Å². The van der Waals surface area contributed by atoms with Gasteiger partial charge in [0.15, 0.2) is 6.61 Å². The minimum atomic E-state index is -0.636. The fourth-order valence-electron chi connectivity index (χ4n) is 1.47. The van der Waals surface area contributed by atoms with Gasteiger partial charge in [-0.05, 0) is 30.3 Å². The zero-order valence-corrected chi connectivity index (χ0v) is 13.0. The smallest absolute Gasteiger partial charge is 0.340 e. The molecule has 21 heavy (non-hydrogen) atoms. The summed E-state index contributed by atoms with van der Waals surface area (Å²) in [5.74, 6) is -1.06. The second kappa shape index (κ2) is 7.19. The van der Waals surface area contributed by atoms with Gasteiger partial charge in [-0.3, -0.25) is 4.79 Å². The molecule has 0 aliphatic carbocycles. The Hall–Kier alpha value is -1.92. The average Bonchev–Trinajstić information content (AvgIpc) is 2.45. The Morgan fingerprint density at radius 3 is 2.76 bits per heavy atom. The molecule has 1 aromatic carbocycles. The minimum absolute atomic E-state index is 0.231. The van der Waals surface area contributed by atoms with E-state index in [-0.39, 0.29) is 17.3 Å². The van der Waals surface area contributed by atoms with Crippen molar-refractivity contribution in [1.82, 2.24) is 4.98 Å². The number of hydrogen-bond donors (Lipinski definition) is 1. The second-order valence-electron chi connectivity index (χ2n) is 4.00. The third kappa shape index (κ3) is 4.84. The predicted molar refractivity (Wildman–Crippen MR) is 82.3 cm³/mol. The lowest BCUT2D eigenvalue weighted by Crippen LogP contribution is -2.20. The molecule has 7 heteroatoms. The number of ether oxygens (including phenoxy) is 1. The van der Waals surface area contributed by atoms with Crippen LogP contribution in [0.15, 0.2) is 47.1 Å². The lowest BCUT2D eigenvalue weighted by atomic mass is 10.3. The number of amides is 1. The molecular weight excluding hydrogens is 360 g/mol. The van der Waals surface area contributed by atoms with Crippen LogP contribution in [0, 0.1) is 0 Å². The largest absolute Gasteiger partial charge is 0.452 e. The van der Waals surface area contributed by atoms with Crippen LogP contribution in [0.2, 0.25) is 5.15 Å². The van der Waals surface area contributed by atoms with Crippen molar-refractivity contribution in [3.05, 3.63) is 57.8 Å². The summed E-state index contributed by atoms with van der Waals surface area (Å²) in [6.07, 6.45) is 1.29. The van der Waals surface area contributed by atoms with Gasteiger partial charge < -0.3 is 10.1 Å². The number of hydrogen-bond acceptors (Lipinski definition) is 4. The molecule has 108 valence electrons. The first-order valence-electron chi connectivity index (χ1n) is 5.89. The molecule has 0 fully saturated rings. The van der Waals surface area contributed by atoms with Crippen molar-refractivity contribution in [2.75, 3.05) is 11.9 Å². The number of esters is 1. The Kier molecular flexibility index (Phi) is 5.30. The van der Waals surface area contributed by atoms with Crippen LogP contribution in [0.4, 0.5) is 5.69 Å². The summed E-state index contributed by atoms with van der Waals surface area (Å²) in [7, 11) is 0. The first-order chi connectivity index (χ1) is 10.0. The number of pyridine rings is 1. The first-order valence-corrected chi connectivity index (χ1v) is 7.06. The van der Waals surface area contributed by atoms with Crippen molar-refractivity contribution in [3.8, 4) is 0 Å². The van der Waals surface area contributed by atoms with E-state index in [0.717, 1.165) is 4.47 Å². The molecular formula is C14H10BrClN2O3. The van der Waals surface area contributed by atoms with Gasteiger partial charge >= 0.3 is 5.97 Å². The summed E-state index contributed by atoms with van der Waals surface area (Å²) >= 11 is 8.91. The van der Waals surface area contributed by atoms with E-state index in [1.165, 1.54) is 18.3 Å². The molecule has 0 aliphatic rings. The van der Waals surface area contributed by atoms with Crippen molar-refractivity contribution in [3.63, 3.8) is 0 Å². The Labute approximate surface area is 134 Å². The third-order valence-electron chi connectivity index (χ3n) is 2.41. The van der Waals surface area contributed by atoms with E-state index in [1.807, 2.05) is 6.07 Å². The van der Waals surface area contributed by atoms with E-state index in [9.17, 15) is 9.59 Å². The van der Waals surface area contributed by atoms with E-state index in [2.05, 4.69) is 26.2 Å². The Balaban J connectivity index is 1.86. The number of rotatable bonds is 4. The lowest BCUT2D eigenvalue weighted by Gasteiger charge is -2.06. The molecule has 0 unspecified atom stereocenters. The van der Waals surface area contributed by atoms with E-state index in [4.69, 9.17) is 16.3 Å². The maximum absolute atomic E-state index is 11.7. The van der Waals surface area contributed by atoms with Gasteiger partial charge in [0.1, 0.15) is 5.15 Å². The number of halogens is 2. The fraction of sp³-hybridized carbons (Fsp3) is 0.0714. The molecule has 0 spiro atoms. The molecule has 1 heterocycles. The van der Waals surface area contributed by atoms with Gasteiger partial charge in [0, 0.05) is 16.4 Å². The minimum Gasteiger partial charge on any atom is -0.452 e. The number of carbonyl (C=O) groups excluding carboxylic acids is 2. The van der Waals surface area contributed by atoms with Crippen LogP contribution in [-0.4, -0.2) is 23.5 Å². The van der Waals surface area contributed by atoms with E-state index >= 15 is 0 Å². The maximum atomic E-state index is 11.7. The molecule has 2 aromatic rings. The molecule has 0 radical (unpaired) electrons. The molecule has 0 atom stereocenters. The summed E-state index contributed by atoms with van der Waals surface area (Å²) in [4.78, 5) is 27.1. The molecule has 1 aromatic heterocycles. The maximum Gasteiger partial charge on any atom is 0.340 e. The van der Waals surface area contributed by atoms with Crippen LogP contribution in [0.25, 0.3) is 0 Å². The topological polar surface area (TPSA) is 68.3 Å². The zero-order chi connectivity index (χ0) is 15.2.